The SMILES string of the molecule is CC1CN2CCCC2CN1C(=O)C1NCCCC1(C)C.Cl. The second-order valence-corrected chi connectivity index (χ2v) is 7.61. The van der Waals surface area contributed by atoms with E-state index in [4.69, 9.17) is 0 Å². The van der Waals surface area contributed by atoms with Gasteiger partial charge in [0, 0.05) is 25.2 Å². The third-order valence-corrected chi connectivity index (χ3v) is 5.60. The Morgan fingerprint density at radius 1 is 1.24 bits per heavy atom. The van der Waals surface area contributed by atoms with Crippen LogP contribution >= 0.6 is 12.4 Å². The molecular formula is C16H30ClN3O. The number of nitrogens with zero attached hydrogens (tertiary/aromatic N) is 2. The summed E-state index contributed by atoms with van der Waals surface area (Å²) in [6, 6.07) is 0.977. The van der Waals surface area contributed by atoms with Gasteiger partial charge >= 0.3 is 0 Å². The summed E-state index contributed by atoms with van der Waals surface area (Å²) in [5, 5.41) is 3.48. The van der Waals surface area contributed by atoms with Gasteiger partial charge in [0.15, 0.2) is 0 Å². The Bertz CT molecular complexity index is 388. The van der Waals surface area contributed by atoms with E-state index in [1.54, 1.807) is 0 Å². The number of piperazine rings is 1. The van der Waals surface area contributed by atoms with Crippen LogP contribution in [0.2, 0.25) is 0 Å². The van der Waals surface area contributed by atoms with Crippen molar-refractivity contribution in [3.63, 3.8) is 0 Å². The molecule has 0 spiro atoms. The van der Waals surface area contributed by atoms with E-state index in [1.165, 1.54) is 25.8 Å². The maximum atomic E-state index is 13.0. The van der Waals surface area contributed by atoms with E-state index in [0.29, 0.717) is 18.0 Å². The van der Waals surface area contributed by atoms with Gasteiger partial charge in [-0.2, -0.15) is 0 Å². The summed E-state index contributed by atoms with van der Waals surface area (Å²) in [4.78, 5) is 17.8. The van der Waals surface area contributed by atoms with Gasteiger partial charge in [0.05, 0.1) is 6.04 Å². The van der Waals surface area contributed by atoms with Crippen LogP contribution in [0.5, 0.6) is 0 Å². The van der Waals surface area contributed by atoms with Crippen molar-refractivity contribution in [2.45, 2.75) is 64.6 Å². The minimum atomic E-state index is 0. The van der Waals surface area contributed by atoms with Crippen molar-refractivity contribution in [2.24, 2.45) is 5.41 Å². The van der Waals surface area contributed by atoms with Crippen molar-refractivity contribution in [3.8, 4) is 0 Å². The number of carbonyl (C=O) groups is 1. The normalized spacial score (nSPS) is 36.0. The summed E-state index contributed by atoms with van der Waals surface area (Å²) in [5.74, 6) is 0.341. The molecule has 1 amide bonds. The van der Waals surface area contributed by atoms with Crippen molar-refractivity contribution in [2.75, 3.05) is 26.2 Å². The van der Waals surface area contributed by atoms with Crippen molar-refractivity contribution in [1.82, 2.24) is 15.1 Å². The molecule has 3 aliphatic rings. The molecule has 0 aromatic rings. The van der Waals surface area contributed by atoms with E-state index in [2.05, 4.69) is 35.9 Å². The van der Waals surface area contributed by atoms with E-state index in [1.807, 2.05) is 0 Å². The smallest absolute Gasteiger partial charge is 0.240 e. The molecule has 0 aliphatic carbocycles. The molecule has 122 valence electrons. The molecule has 4 nitrogen and oxygen atoms in total. The van der Waals surface area contributed by atoms with Crippen molar-refractivity contribution < 1.29 is 4.79 Å². The number of fused-ring (bicyclic) bond motifs is 1. The Morgan fingerprint density at radius 3 is 2.71 bits per heavy atom. The molecular weight excluding hydrogens is 286 g/mol. The molecule has 1 N–H and O–H groups in total. The number of amides is 1. The number of halogens is 1. The van der Waals surface area contributed by atoms with Crippen molar-refractivity contribution >= 4 is 18.3 Å². The summed E-state index contributed by atoms with van der Waals surface area (Å²) in [7, 11) is 0. The molecule has 3 saturated heterocycles. The highest BCUT2D eigenvalue weighted by molar-refractivity contribution is 5.85. The molecule has 21 heavy (non-hydrogen) atoms. The van der Waals surface area contributed by atoms with Crippen LogP contribution in [0.4, 0.5) is 0 Å². The fourth-order valence-corrected chi connectivity index (χ4v) is 4.29. The molecule has 0 aromatic heterocycles. The second kappa shape index (κ2) is 6.43. The topological polar surface area (TPSA) is 35.6 Å². The molecule has 3 unspecified atom stereocenters. The first-order chi connectivity index (χ1) is 9.49. The lowest BCUT2D eigenvalue weighted by Gasteiger charge is -2.47. The molecule has 0 aromatic carbocycles. The lowest BCUT2D eigenvalue weighted by molar-refractivity contribution is -0.143. The number of hydrogen-bond acceptors (Lipinski definition) is 3. The summed E-state index contributed by atoms with van der Waals surface area (Å²) < 4.78 is 0. The lowest BCUT2D eigenvalue weighted by atomic mass is 9.76. The van der Waals surface area contributed by atoms with E-state index >= 15 is 0 Å². The van der Waals surface area contributed by atoms with Crippen LogP contribution in [0, 0.1) is 5.41 Å². The van der Waals surface area contributed by atoms with E-state index in [-0.39, 0.29) is 23.9 Å². The average molecular weight is 316 g/mol. The first kappa shape index (κ1) is 17.0. The maximum absolute atomic E-state index is 13.0. The average Bonchev–Trinajstić information content (AvgIpc) is 2.83. The van der Waals surface area contributed by atoms with Crippen molar-refractivity contribution in [3.05, 3.63) is 0 Å². The number of hydrogen-bond donors (Lipinski definition) is 1. The summed E-state index contributed by atoms with van der Waals surface area (Å²) in [6.45, 7) is 10.9. The minimum Gasteiger partial charge on any atom is -0.336 e. The van der Waals surface area contributed by atoms with Crippen LogP contribution in [0.25, 0.3) is 0 Å². The molecule has 3 atom stereocenters. The molecule has 3 fully saturated rings. The summed E-state index contributed by atoms with van der Waals surface area (Å²) >= 11 is 0. The van der Waals surface area contributed by atoms with E-state index in [9.17, 15) is 4.79 Å². The molecule has 0 radical (unpaired) electrons. The van der Waals surface area contributed by atoms with Gasteiger partial charge in [0.25, 0.3) is 0 Å². The van der Waals surface area contributed by atoms with Gasteiger partial charge in [0.2, 0.25) is 5.91 Å². The second-order valence-electron chi connectivity index (χ2n) is 7.61. The Morgan fingerprint density at radius 2 is 2.00 bits per heavy atom. The molecule has 3 aliphatic heterocycles. The molecule has 5 heteroatoms. The monoisotopic (exact) mass is 315 g/mol. The standard InChI is InChI=1S/C16H29N3O.ClH/c1-12-10-18-9-4-6-13(18)11-19(12)15(20)14-16(2,3)7-5-8-17-14;/h12-14,17H,4-11H2,1-3H3;1H. The Kier molecular flexibility index (Phi) is 5.22. The predicted octanol–water partition coefficient (Wildman–Crippen LogP) is 1.88. The van der Waals surface area contributed by atoms with E-state index in [0.717, 1.165) is 26.1 Å². The Hall–Kier alpha value is -0.320. The Labute approximate surface area is 135 Å². The third-order valence-electron chi connectivity index (χ3n) is 5.60. The highest BCUT2D eigenvalue weighted by Crippen LogP contribution is 2.33. The first-order valence-electron chi connectivity index (χ1n) is 8.27. The van der Waals surface area contributed by atoms with Gasteiger partial charge < -0.3 is 10.2 Å². The number of nitrogens with one attached hydrogen (secondary N) is 1. The number of rotatable bonds is 1. The number of piperidine rings is 1. The van der Waals surface area contributed by atoms with Gasteiger partial charge in [-0.25, -0.2) is 0 Å². The van der Waals surface area contributed by atoms with Crippen LogP contribution < -0.4 is 5.32 Å². The van der Waals surface area contributed by atoms with E-state index < -0.39 is 0 Å². The molecule has 3 heterocycles. The predicted molar refractivity (Wildman–Crippen MR) is 87.8 cm³/mol. The minimum absolute atomic E-state index is 0. The number of carbonyl (C=O) groups excluding carboxylic acids is 1. The highest BCUT2D eigenvalue weighted by Gasteiger charge is 2.43. The van der Waals surface area contributed by atoms with Crippen LogP contribution in [-0.4, -0.2) is 60.0 Å². The lowest BCUT2D eigenvalue weighted by Crippen LogP contribution is -2.63. The highest BCUT2D eigenvalue weighted by atomic mass is 35.5. The van der Waals surface area contributed by atoms with Gasteiger partial charge in [0.1, 0.15) is 0 Å². The fraction of sp³-hybridized carbons (Fsp3) is 0.938. The molecule has 3 rings (SSSR count). The van der Waals surface area contributed by atoms with Crippen LogP contribution in [0.15, 0.2) is 0 Å². The van der Waals surface area contributed by atoms with Gasteiger partial charge in [-0.15, -0.1) is 12.4 Å². The molecule has 0 saturated carbocycles. The Balaban J connectivity index is 0.00000161. The zero-order valence-electron chi connectivity index (χ0n) is 13.6. The summed E-state index contributed by atoms with van der Waals surface area (Å²) in [6.07, 6.45) is 4.89. The zero-order valence-corrected chi connectivity index (χ0v) is 14.4. The summed E-state index contributed by atoms with van der Waals surface area (Å²) in [5.41, 5.74) is 0.0852. The molecule has 0 bridgehead atoms. The van der Waals surface area contributed by atoms with Crippen molar-refractivity contribution in [1.29, 1.82) is 0 Å². The quantitative estimate of drug-likeness (QED) is 0.802. The fourth-order valence-electron chi connectivity index (χ4n) is 4.29. The third kappa shape index (κ3) is 3.22. The maximum Gasteiger partial charge on any atom is 0.240 e. The largest absolute Gasteiger partial charge is 0.336 e. The first-order valence-corrected chi connectivity index (χ1v) is 8.27. The van der Waals surface area contributed by atoms with Crippen LogP contribution in [0.1, 0.15) is 46.5 Å². The zero-order chi connectivity index (χ0) is 14.3. The van der Waals surface area contributed by atoms with Gasteiger partial charge in [-0.3, -0.25) is 9.69 Å². The van der Waals surface area contributed by atoms with Gasteiger partial charge in [-0.05, 0) is 51.1 Å². The van der Waals surface area contributed by atoms with Crippen LogP contribution in [0.3, 0.4) is 0 Å². The van der Waals surface area contributed by atoms with Crippen LogP contribution in [-0.2, 0) is 4.79 Å². The van der Waals surface area contributed by atoms with Gasteiger partial charge in [-0.1, -0.05) is 13.8 Å².